The van der Waals surface area contributed by atoms with E-state index in [-0.39, 0.29) is 34.5 Å². The maximum atomic E-state index is 13.4. The van der Waals surface area contributed by atoms with E-state index < -0.39 is 28.2 Å². The molecule has 1 atom stereocenters. The maximum absolute atomic E-state index is 13.4. The second-order valence-electron chi connectivity index (χ2n) is 9.94. The summed E-state index contributed by atoms with van der Waals surface area (Å²) in [4.78, 5) is 41.4. The first kappa shape index (κ1) is 25.5. The lowest BCUT2D eigenvalue weighted by molar-refractivity contribution is -0.131. The van der Waals surface area contributed by atoms with E-state index in [9.17, 15) is 23.9 Å². The number of likely N-dealkylation sites (N-methyl/N-ethyl adjacent to an activating group) is 1. The molecule has 0 saturated heterocycles. The summed E-state index contributed by atoms with van der Waals surface area (Å²) in [5.41, 5.74) is -2.12. The first-order valence-corrected chi connectivity index (χ1v) is 12.3. The van der Waals surface area contributed by atoms with Gasteiger partial charge in [-0.25, -0.2) is 4.39 Å². The van der Waals surface area contributed by atoms with Crippen LogP contribution in [0.3, 0.4) is 0 Å². The molecule has 1 aliphatic heterocycles. The molecule has 1 aromatic carbocycles. The fraction of sp³-hybridized carbons (Fsp3) is 0.400. The molecule has 190 valence electrons. The highest BCUT2D eigenvalue weighted by molar-refractivity contribution is 7.14. The van der Waals surface area contributed by atoms with Crippen LogP contribution in [-0.2, 0) is 16.8 Å². The number of hydrogen-bond donors (Lipinski definition) is 2. The number of carbonyl (C=O) groups is 2. The van der Waals surface area contributed by atoms with Gasteiger partial charge in [0.05, 0.1) is 12.1 Å². The maximum Gasteiger partial charge on any atom is 0.275 e. The number of amides is 2. The van der Waals surface area contributed by atoms with Crippen molar-refractivity contribution in [2.75, 3.05) is 13.1 Å². The van der Waals surface area contributed by atoms with Crippen LogP contribution in [0.25, 0.3) is 10.6 Å². The quantitative estimate of drug-likeness (QED) is 0.542. The predicted octanol–water partition coefficient (Wildman–Crippen LogP) is 2.91. The fourth-order valence-electron chi connectivity index (χ4n) is 4.22. The van der Waals surface area contributed by atoms with E-state index in [4.69, 9.17) is 0 Å². The largest absolute Gasteiger partial charge is 0.503 e. The van der Waals surface area contributed by atoms with Crippen LogP contribution in [0.5, 0.6) is 5.75 Å². The average molecular weight is 514 g/mol. The van der Waals surface area contributed by atoms with Crippen LogP contribution in [0.2, 0.25) is 0 Å². The van der Waals surface area contributed by atoms with Gasteiger partial charge in [0.25, 0.3) is 5.91 Å². The number of nitrogens with one attached hydrogen (secondary N) is 1. The Hall–Kier alpha value is -3.60. The molecule has 11 heteroatoms. The topological polar surface area (TPSA) is 117 Å². The van der Waals surface area contributed by atoms with Gasteiger partial charge >= 0.3 is 0 Å². The second kappa shape index (κ2) is 9.12. The predicted molar refractivity (Wildman–Crippen MR) is 134 cm³/mol. The van der Waals surface area contributed by atoms with Crippen LogP contribution < -0.4 is 10.7 Å². The molecule has 1 aliphatic rings. The number of carbonyl (C=O) groups excluding carboxylic acids is 2. The molecule has 4 rings (SSSR count). The van der Waals surface area contributed by atoms with Crippen molar-refractivity contribution in [1.29, 1.82) is 0 Å². The standard InChI is InChI=1S/C25H28FN5O4S/c1-6-27-23(35)25(5)13-31(24(2,3)4)22(34)18-20(33)19(32)16(12-30(18)25)21-29-28-17(36-21)11-14-7-9-15(26)10-8-14/h7-10,12,33H,6,11,13H2,1-5H3,(H,27,35)/t25-/m1/s1. The minimum absolute atomic E-state index is 0.0339. The summed E-state index contributed by atoms with van der Waals surface area (Å²) in [6.07, 6.45) is 1.79. The van der Waals surface area contributed by atoms with Crippen molar-refractivity contribution >= 4 is 23.2 Å². The van der Waals surface area contributed by atoms with Gasteiger partial charge < -0.3 is 19.9 Å². The molecule has 2 amide bonds. The number of rotatable bonds is 5. The van der Waals surface area contributed by atoms with E-state index in [0.717, 1.165) is 16.9 Å². The van der Waals surface area contributed by atoms with Gasteiger partial charge in [0.15, 0.2) is 16.5 Å². The van der Waals surface area contributed by atoms with E-state index in [1.165, 1.54) is 27.8 Å². The van der Waals surface area contributed by atoms with E-state index in [2.05, 4.69) is 15.5 Å². The lowest BCUT2D eigenvalue weighted by Crippen LogP contribution is -2.63. The van der Waals surface area contributed by atoms with Gasteiger partial charge in [-0.15, -0.1) is 10.2 Å². The molecule has 0 radical (unpaired) electrons. The lowest BCUT2D eigenvalue weighted by atomic mass is 9.90. The summed E-state index contributed by atoms with van der Waals surface area (Å²) < 4.78 is 14.6. The van der Waals surface area contributed by atoms with Crippen LogP contribution in [0.4, 0.5) is 4.39 Å². The van der Waals surface area contributed by atoms with Crippen LogP contribution >= 0.6 is 11.3 Å². The monoisotopic (exact) mass is 513 g/mol. The molecule has 2 aromatic heterocycles. The van der Waals surface area contributed by atoms with Gasteiger partial charge in [-0.05, 0) is 52.3 Å². The first-order chi connectivity index (χ1) is 16.9. The Morgan fingerprint density at radius 3 is 2.50 bits per heavy atom. The highest BCUT2D eigenvalue weighted by atomic mass is 32.1. The van der Waals surface area contributed by atoms with Gasteiger partial charge in [0.2, 0.25) is 11.3 Å². The van der Waals surface area contributed by atoms with Gasteiger partial charge in [0, 0.05) is 24.7 Å². The van der Waals surface area contributed by atoms with Crippen LogP contribution in [-0.4, -0.2) is 55.2 Å². The molecule has 0 spiro atoms. The van der Waals surface area contributed by atoms with Gasteiger partial charge in [-0.1, -0.05) is 23.5 Å². The summed E-state index contributed by atoms with van der Waals surface area (Å²) in [7, 11) is 0. The molecule has 0 saturated carbocycles. The molecule has 3 heterocycles. The zero-order valence-electron chi connectivity index (χ0n) is 20.8. The minimum atomic E-state index is -1.30. The zero-order chi connectivity index (χ0) is 26.4. The van der Waals surface area contributed by atoms with Gasteiger partial charge in [-0.2, -0.15) is 0 Å². The third-order valence-electron chi connectivity index (χ3n) is 6.23. The molecule has 0 bridgehead atoms. The molecule has 0 unspecified atom stereocenters. The highest BCUT2D eigenvalue weighted by Gasteiger charge is 2.49. The first-order valence-electron chi connectivity index (χ1n) is 11.5. The van der Waals surface area contributed by atoms with Crippen molar-refractivity contribution in [1.82, 2.24) is 25.0 Å². The Morgan fingerprint density at radius 2 is 1.89 bits per heavy atom. The number of fused-ring (bicyclic) bond motifs is 1. The summed E-state index contributed by atoms with van der Waals surface area (Å²) in [5, 5.41) is 22.9. The summed E-state index contributed by atoms with van der Waals surface area (Å²) in [6.45, 7) is 9.35. The normalized spacial score (nSPS) is 17.7. The molecular weight excluding hydrogens is 485 g/mol. The minimum Gasteiger partial charge on any atom is -0.503 e. The Bertz CT molecular complexity index is 1390. The molecule has 0 fully saturated rings. The number of pyridine rings is 1. The molecule has 9 nitrogen and oxygen atoms in total. The third kappa shape index (κ3) is 4.39. The number of aromatic nitrogens is 3. The Labute approximate surface area is 211 Å². The fourth-order valence-corrected chi connectivity index (χ4v) is 5.10. The van der Waals surface area contributed by atoms with Crippen molar-refractivity contribution in [2.45, 2.75) is 52.1 Å². The van der Waals surface area contributed by atoms with Crippen molar-refractivity contribution in [3.05, 3.63) is 62.8 Å². The Morgan fingerprint density at radius 1 is 1.22 bits per heavy atom. The van der Waals surface area contributed by atoms with E-state index >= 15 is 0 Å². The van der Waals surface area contributed by atoms with Gasteiger partial charge in [0.1, 0.15) is 16.4 Å². The van der Waals surface area contributed by atoms with Crippen molar-refractivity contribution in [3.63, 3.8) is 0 Å². The lowest BCUT2D eigenvalue weighted by Gasteiger charge is -2.47. The van der Waals surface area contributed by atoms with Crippen LogP contribution in [0.1, 0.15) is 55.7 Å². The molecule has 36 heavy (non-hydrogen) atoms. The van der Waals surface area contributed by atoms with E-state index in [0.29, 0.717) is 18.0 Å². The van der Waals surface area contributed by atoms with Crippen molar-refractivity contribution in [3.8, 4) is 16.3 Å². The van der Waals surface area contributed by atoms with Gasteiger partial charge in [-0.3, -0.25) is 14.4 Å². The molecular formula is C25H28FN5O4S. The van der Waals surface area contributed by atoms with E-state index in [1.54, 1.807) is 26.0 Å². The zero-order valence-corrected chi connectivity index (χ0v) is 21.6. The molecule has 0 aliphatic carbocycles. The van der Waals surface area contributed by atoms with E-state index in [1.807, 2.05) is 20.8 Å². The van der Waals surface area contributed by atoms with Crippen LogP contribution in [0, 0.1) is 5.82 Å². The molecule has 3 aromatic rings. The number of hydrogen-bond acceptors (Lipinski definition) is 7. The number of benzene rings is 1. The van der Waals surface area contributed by atoms with Crippen molar-refractivity contribution in [2.24, 2.45) is 0 Å². The average Bonchev–Trinajstić information content (AvgIpc) is 3.27. The molecule has 2 N–H and O–H groups in total. The summed E-state index contributed by atoms with van der Waals surface area (Å²) >= 11 is 1.15. The third-order valence-corrected chi connectivity index (χ3v) is 7.19. The second-order valence-corrected chi connectivity index (χ2v) is 11.0. The van der Waals surface area contributed by atoms with Crippen LogP contribution in [0.15, 0.2) is 35.3 Å². The Balaban J connectivity index is 1.84. The number of halogens is 1. The summed E-state index contributed by atoms with van der Waals surface area (Å²) in [6, 6.07) is 5.98. The Kier molecular flexibility index (Phi) is 6.46. The summed E-state index contributed by atoms with van der Waals surface area (Å²) in [5.74, 6) is -1.97. The smallest absolute Gasteiger partial charge is 0.275 e. The number of nitrogens with zero attached hydrogens (tertiary/aromatic N) is 4. The highest BCUT2D eigenvalue weighted by Crippen LogP contribution is 2.36. The SMILES string of the molecule is CCNC(=O)[C@@]1(C)CN(C(C)(C)C)C(=O)c2c(O)c(=O)c(-c3nnc(Cc4ccc(F)cc4)s3)cn21. The number of aromatic hydroxyl groups is 1. The van der Waals surface area contributed by atoms with Crippen molar-refractivity contribution < 1.29 is 19.1 Å².